The first-order valence-corrected chi connectivity index (χ1v) is 8.13. The van der Waals surface area contributed by atoms with Crippen LogP contribution in [0.5, 0.6) is 0 Å². The first kappa shape index (κ1) is 14.0. The quantitative estimate of drug-likeness (QED) is 0.661. The van der Waals surface area contributed by atoms with Crippen LogP contribution >= 0.6 is 22.7 Å². The van der Waals surface area contributed by atoms with E-state index >= 15 is 0 Å². The zero-order valence-corrected chi connectivity index (χ0v) is 13.3. The number of thiophene rings is 1. The van der Waals surface area contributed by atoms with Gasteiger partial charge in [0.15, 0.2) is 0 Å². The van der Waals surface area contributed by atoms with Crippen LogP contribution in [0, 0.1) is 6.92 Å². The van der Waals surface area contributed by atoms with Gasteiger partial charge in [0.1, 0.15) is 5.01 Å². The Bertz CT molecular complexity index is 789. The molecule has 0 atom stereocenters. The molecule has 5 heteroatoms. The number of benzene rings is 1. The molecule has 0 saturated heterocycles. The Morgan fingerprint density at radius 2 is 2.10 bits per heavy atom. The van der Waals surface area contributed by atoms with Crippen molar-refractivity contribution in [3.8, 4) is 21.1 Å². The molecule has 0 bridgehead atoms. The Hall–Kier alpha value is -1.98. The Balaban J connectivity index is 1.97. The van der Waals surface area contributed by atoms with Crippen molar-refractivity contribution in [3.05, 3.63) is 52.2 Å². The minimum Gasteiger partial charge on any atom is -0.465 e. The van der Waals surface area contributed by atoms with Gasteiger partial charge in [0.2, 0.25) is 0 Å². The molecule has 0 spiro atoms. The highest BCUT2D eigenvalue weighted by Gasteiger charge is 2.12. The molecule has 106 valence electrons. The summed E-state index contributed by atoms with van der Waals surface area (Å²) in [5.74, 6) is -0.331. The van der Waals surface area contributed by atoms with Crippen molar-refractivity contribution in [1.82, 2.24) is 4.98 Å². The van der Waals surface area contributed by atoms with Gasteiger partial charge in [-0.25, -0.2) is 9.78 Å². The molecule has 3 aromatic rings. The molecule has 1 aromatic carbocycles. The van der Waals surface area contributed by atoms with Crippen LogP contribution in [0.3, 0.4) is 0 Å². The summed E-state index contributed by atoms with van der Waals surface area (Å²) < 4.78 is 4.75. The number of esters is 1. The lowest BCUT2D eigenvalue weighted by Crippen LogP contribution is -2.00. The largest absolute Gasteiger partial charge is 0.465 e. The van der Waals surface area contributed by atoms with Gasteiger partial charge in [-0.3, -0.25) is 0 Å². The first-order valence-electron chi connectivity index (χ1n) is 6.38. The number of nitrogens with zero attached hydrogens (tertiary/aromatic N) is 1. The number of hydrogen-bond donors (Lipinski definition) is 0. The SMILES string of the molecule is COC(=O)c1cccc(-c2nc(-c3sccc3C)cs2)c1. The average Bonchev–Trinajstić information content (AvgIpc) is 3.15. The van der Waals surface area contributed by atoms with Gasteiger partial charge in [-0.15, -0.1) is 22.7 Å². The second-order valence-electron chi connectivity index (χ2n) is 4.54. The molecule has 0 aliphatic rings. The maximum absolute atomic E-state index is 11.6. The molecular weight excluding hydrogens is 302 g/mol. The van der Waals surface area contributed by atoms with E-state index in [1.165, 1.54) is 17.6 Å². The van der Waals surface area contributed by atoms with Gasteiger partial charge < -0.3 is 4.74 Å². The molecule has 0 saturated carbocycles. The van der Waals surface area contributed by atoms with Crippen LogP contribution in [-0.4, -0.2) is 18.1 Å². The van der Waals surface area contributed by atoms with E-state index in [9.17, 15) is 4.79 Å². The van der Waals surface area contributed by atoms with E-state index in [1.807, 2.05) is 18.2 Å². The predicted octanol–water partition coefficient (Wildman–Crippen LogP) is 4.63. The molecule has 2 heterocycles. The summed E-state index contributed by atoms with van der Waals surface area (Å²) in [5, 5.41) is 5.03. The van der Waals surface area contributed by atoms with Crippen molar-refractivity contribution in [3.63, 3.8) is 0 Å². The predicted molar refractivity (Wildman–Crippen MR) is 86.9 cm³/mol. The zero-order chi connectivity index (χ0) is 14.8. The molecule has 0 fully saturated rings. The summed E-state index contributed by atoms with van der Waals surface area (Å²) in [6.07, 6.45) is 0. The standard InChI is InChI=1S/C16H13NO2S2/c1-10-6-7-20-14(10)13-9-21-15(17-13)11-4-3-5-12(8-11)16(18)19-2/h3-9H,1-2H3. The topological polar surface area (TPSA) is 39.2 Å². The van der Waals surface area contributed by atoms with E-state index in [0.29, 0.717) is 5.56 Å². The van der Waals surface area contributed by atoms with E-state index in [4.69, 9.17) is 4.74 Å². The smallest absolute Gasteiger partial charge is 0.337 e. The lowest BCUT2D eigenvalue weighted by Gasteiger charge is -2.01. The average molecular weight is 315 g/mol. The monoisotopic (exact) mass is 315 g/mol. The van der Waals surface area contributed by atoms with Crippen LogP contribution in [-0.2, 0) is 4.74 Å². The van der Waals surface area contributed by atoms with E-state index in [2.05, 4.69) is 28.7 Å². The zero-order valence-electron chi connectivity index (χ0n) is 11.6. The summed E-state index contributed by atoms with van der Waals surface area (Å²) in [4.78, 5) is 17.5. The van der Waals surface area contributed by atoms with Crippen molar-refractivity contribution in [2.24, 2.45) is 0 Å². The van der Waals surface area contributed by atoms with Gasteiger partial charge in [-0.05, 0) is 36.1 Å². The summed E-state index contributed by atoms with van der Waals surface area (Å²) >= 11 is 3.27. The van der Waals surface area contributed by atoms with Crippen molar-refractivity contribution in [2.45, 2.75) is 6.92 Å². The molecule has 0 amide bonds. The van der Waals surface area contributed by atoms with Gasteiger partial charge >= 0.3 is 5.97 Å². The molecule has 3 rings (SSSR count). The fourth-order valence-corrected chi connectivity index (χ4v) is 3.81. The lowest BCUT2D eigenvalue weighted by molar-refractivity contribution is 0.0601. The molecule has 2 aromatic heterocycles. The molecule has 21 heavy (non-hydrogen) atoms. The van der Waals surface area contributed by atoms with Gasteiger partial charge in [0.05, 0.1) is 23.2 Å². The Morgan fingerprint density at radius 3 is 2.81 bits per heavy atom. The number of carbonyl (C=O) groups is 1. The van der Waals surface area contributed by atoms with Crippen LogP contribution in [0.1, 0.15) is 15.9 Å². The maximum Gasteiger partial charge on any atom is 0.337 e. The summed E-state index contributed by atoms with van der Waals surface area (Å²) in [7, 11) is 1.38. The molecule has 0 N–H and O–H groups in total. The van der Waals surface area contributed by atoms with Crippen LogP contribution in [0.4, 0.5) is 0 Å². The van der Waals surface area contributed by atoms with E-state index < -0.39 is 0 Å². The number of methoxy groups -OCH3 is 1. The van der Waals surface area contributed by atoms with Gasteiger partial charge in [-0.2, -0.15) is 0 Å². The van der Waals surface area contributed by atoms with Crippen molar-refractivity contribution < 1.29 is 9.53 Å². The molecule has 0 aliphatic carbocycles. The number of aryl methyl sites for hydroxylation is 1. The van der Waals surface area contributed by atoms with Gasteiger partial charge in [-0.1, -0.05) is 12.1 Å². The Kier molecular flexibility index (Phi) is 3.86. The Morgan fingerprint density at radius 1 is 1.24 bits per heavy atom. The Labute approximate surface area is 130 Å². The van der Waals surface area contributed by atoms with Crippen LogP contribution in [0.2, 0.25) is 0 Å². The molecule has 0 aliphatic heterocycles. The highest BCUT2D eigenvalue weighted by molar-refractivity contribution is 7.15. The first-order chi connectivity index (χ1) is 10.2. The van der Waals surface area contributed by atoms with Crippen LogP contribution < -0.4 is 0 Å². The third-order valence-electron chi connectivity index (χ3n) is 3.13. The number of aromatic nitrogens is 1. The molecule has 0 unspecified atom stereocenters. The summed E-state index contributed by atoms with van der Waals surface area (Å²) in [6, 6.07) is 9.45. The number of thiazole rings is 1. The highest BCUT2D eigenvalue weighted by Crippen LogP contribution is 2.33. The highest BCUT2D eigenvalue weighted by atomic mass is 32.1. The minimum absolute atomic E-state index is 0.331. The number of hydrogen-bond acceptors (Lipinski definition) is 5. The number of rotatable bonds is 3. The van der Waals surface area contributed by atoms with Crippen LogP contribution in [0.15, 0.2) is 41.1 Å². The third kappa shape index (κ3) is 2.75. The molecule has 0 radical (unpaired) electrons. The molecule has 3 nitrogen and oxygen atoms in total. The van der Waals surface area contributed by atoms with E-state index in [1.54, 1.807) is 28.7 Å². The van der Waals surface area contributed by atoms with Crippen molar-refractivity contribution >= 4 is 28.6 Å². The third-order valence-corrected chi connectivity index (χ3v) is 5.06. The second kappa shape index (κ2) is 5.79. The van der Waals surface area contributed by atoms with Gasteiger partial charge in [0, 0.05) is 10.9 Å². The van der Waals surface area contributed by atoms with E-state index in [0.717, 1.165) is 16.3 Å². The molecular formula is C16H13NO2S2. The maximum atomic E-state index is 11.6. The minimum atomic E-state index is -0.331. The summed E-state index contributed by atoms with van der Waals surface area (Å²) in [5.41, 5.74) is 3.70. The normalized spacial score (nSPS) is 10.6. The number of carbonyl (C=O) groups excluding carboxylic acids is 1. The second-order valence-corrected chi connectivity index (χ2v) is 6.32. The fourth-order valence-electron chi connectivity index (χ4n) is 2.04. The fraction of sp³-hybridized carbons (Fsp3) is 0.125. The summed E-state index contributed by atoms with van der Waals surface area (Å²) in [6.45, 7) is 2.09. The van der Waals surface area contributed by atoms with E-state index in [-0.39, 0.29) is 5.97 Å². The lowest BCUT2D eigenvalue weighted by atomic mass is 10.1. The van der Waals surface area contributed by atoms with Crippen molar-refractivity contribution in [1.29, 1.82) is 0 Å². The van der Waals surface area contributed by atoms with Crippen LogP contribution in [0.25, 0.3) is 21.1 Å². The van der Waals surface area contributed by atoms with Crippen molar-refractivity contribution in [2.75, 3.05) is 7.11 Å². The van der Waals surface area contributed by atoms with Gasteiger partial charge in [0.25, 0.3) is 0 Å². The number of ether oxygens (including phenoxy) is 1.